The maximum atomic E-state index is 14.2. The van der Waals surface area contributed by atoms with E-state index < -0.39 is 26.6 Å². The zero-order valence-corrected chi connectivity index (χ0v) is 19.2. The zero-order valence-electron chi connectivity index (χ0n) is 18.4. The summed E-state index contributed by atoms with van der Waals surface area (Å²) in [6.45, 7) is 2.68. The molecule has 5 rings (SSSR count). The molecule has 2 aromatic heterocycles. The Balaban J connectivity index is 1.47. The number of hydrogen-bond donors (Lipinski definition) is 0. The quantitative estimate of drug-likeness (QED) is 0.433. The van der Waals surface area contributed by atoms with Crippen molar-refractivity contribution in [3.05, 3.63) is 83.3 Å². The average Bonchev–Trinajstić information content (AvgIpc) is 3.28. The molecule has 176 valence electrons. The number of hydrogen-bond acceptors (Lipinski definition) is 6. The second kappa shape index (κ2) is 8.73. The number of benzene rings is 2. The van der Waals surface area contributed by atoms with Gasteiger partial charge in [-0.1, -0.05) is 36.4 Å². The van der Waals surface area contributed by atoms with Crippen LogP contribution in [0.3, 0.4) is 0 Å². The maximum Gasteiger partial charge on any atom is 0.254 e. The SMILES string of the molecule is Cc1nc2ncnn2c(N2CCN(S(=O)(=O)c3c(F)cccc3F)CC2)c1Cc1ccccc1. The molecule has 2 aromatic carbocycles. The largest absolute Gasteiger partial charge is 0.354 e. The molecule has 0 amide bonds. The summed E-state index contributed by atoms with van der Waals surface area (Å²) in [5.41, 5.74) is 2.87. The zero-order chi connectivity index (χ0) is 23.9. The van der Waals surface area contributed by atoms with Crippen LogP contribution in [0.1, 0.15) is 16.8 Å². The van der Waals surface area contributed by atoms with Crippen molar-refractivity contribution >= 4 is 21.6 Å². The molecule has 1 fully saturated rings. The van der Waals surface area contributed by atoms with E-state index >= 15 is 0 Å². The van der Waals surface area contributed by atoms with Crippen molar-refractivity contribution in [2.45, 2.75) is 18.2 Å². The lowest BCUT2D eigenvalue weighted by Gasteiger charge is -2.36. The van der Waals surface area contributed by atoms with Gasteiger partial charge in [0.15, 0.2) is 4.90 Å². The summed E-state index contributed by atoms with van der Waals surface area (Å²) in [7, 11) is -4.32. The van der Waals surface area contributed by atoms with E-state index in [4.69, 9.17) is 0 Å². The molecule has 11 heteroatoms. The minimum atomic E-state index is -4.32. The van der Waals surface area contributed by atoms with E-state index in [-0.39, 0.29) is 13.1 Å². The molecular weight excluding hydrogens is 462 g/mol. The number of aryl methyl sites for hydroxylation is 1. The Morgan fingerprint density at radius 3 is 2.29 bits per heavy atom. The molecule has 1 aliphatic heterocycles. The lowest BCUT2D eigenvalue weighted by atomic mass is 10.0. The van der Waals surface area contributed by atoms with Crippen molar-refractivity contribution in [1.82, 2.24) is 23.9 Å². The molecule has 0 atom stereocenters. The lowest BCUT2D eigenvalue weighted by molar-refractivity contribution is 0.376. The molecule has 8 nitrogen and oxygen atoms in total. The van der Waals surface area contributed by atoms with Crippen LogP contribution < -0.4 is 4.90 Å². The predicted molar refractivity (Wildman–Crippen MR) is 122 cm³/mol. The highest BCUT2D eigenvalue weighted by Crippen LogP contribution is 2.29. The summed E-state index contributed by atoms with van der Waals surface area (Å²) >= 11 is 0. The number of fused-ring (bicyclic) bond motifs is 1. The highest BCUT2D eigenvalue weighted by Gasteiger charge is 2.34. The summed E-state index contributed by atoms with van der Waals surface area (Å²) in [6.07, 6.45) is 2.04. The van der Waals surface area contributed by atoms with Crippen molar-refractivity contribution in [2.24, 2.45) is 0 Å². The molecule has 0 N–H and O–H groups in total. The second-order valence-electron chi connectivity index (χ2n) is 8.08. The Bertz CT molecular complexity index is 1430. The maximum absolute atomic E-state index is 14.2. The van der Waals surface area contributed by atoms with Crippen molar-refractivity contribution in [1.29, 1.82) is 0 Å². The minimum Gasteiger partial charge on any atom is -0.354 e. The Morgan fingerprint density at radius 2 is 1.62 bits per heavy atom. The van der Waals surface area contributed by atoms with Crippen LogP contribution >= 0.6 is 0 Å². The fraction of sp³-hybridized carbons (Fsp3) is 0.261. The van der Waals surface area contributed by atoms with Crippen LogP contribution in [0, 0.1) is 18.6 Å². The Labute approximate surface area is 195 Å². The predicted octanol–water partition coefficient (Wildman–Crippen LogP) is 2.81. The minimum absolute atomic E-state index is 0.0679. The van der Waals surface area contributed by atoms with E-state index in [0.717, 1.165) is 45.1 Å². The van der Waals surface area contributed by atoms with Crippen molar-refractivity contribution in [3.63, 3.8) is 0 Å². The van der Waals surface area contributed by atoms with Gasteiger partial charge in [0.25, 0.3) is 5.78 Å². The first-order valence-electron chi connectivity index (χ1n) is 10.8. The Hall–Kier alpha value is -3.44. The third-order valence-corrected chi connectivity index (χ3v) is 7.93. The van der Waals surface area contributed by atoms with Crippen LogP contribution in [0.25, 0.3) is 5.78 Å². The molecular formula is C23H22F2N6O2S. The molecule has 0 bridgehead atoms. The first kappa shape index (κ1) is 22.4. The second-order valence-corrected chi connectivity index (χ2v) is 9.95. The number of rotatable bonds is 5. The van der Waals surface area contributed by atoms with Crippen molar-refractivity contribution < 1.29 is 17.2 Å². The first-order chi connectivity index (χ1) is 16.4. The Kier molecular flexibility index (Phi) is 5.74. The molecule has 4 aromatic rings. The van der Waals surface area contributed by atoms with Gasteiger partial charge in [0.05, 0.1) is 0 Å². The highest BCUT2D eigenvalue weighted by molar-refractivity contribution is 7.89. The van der Waals surface area contributed by atoms with Gasteiger partial charge in [-0.3, -0.25) is 0 Å². The topological polar surface area (TPSA) is 83.7 Å². The Morgan fingerprint density at radius 1 is 0.941 bits per heavy atom. The number of sulfonamides is 1. The number of halogens is 2. The number of anilines is 1. The van der Waals surface area contributed by atoms with Gasteiger partial charge in [-0.2, -0.15) is 18.9 Å². The van der Waals surface area contributed by atoms with Crippen LogP contribution in [-0.2, 0) is 16.4 Å². The lowest BCUT2D eigenvalue weighted by Crippen LogP contribution is -2.49. The van der Waals surface area contributed by atoms with E-state index in [1.54, 1.807) is 4.52 Å². The van der Waals surface area contributed by atoms with Gasteiger partial charge in [0, 0.05) is 43.9 Å². The fourth-order valence-electron chi connectivity index (χ4n) is 4.30. The summed E-state index contributed by atoms with van der Waals surface area (Å²) in [4.78, 5) is 9.91. The van der Waals surface area contributed by atoms with Gasteiger partial charge < -0.3 is 4.90 Å². The first-order valence-corrected chi connectivity index (χ1v) is 12.2. The van der Waals surface area contributed by atoms with Crippen molar-refractivity contribution in [2.75, 3.05) is 31.1 Å². The van der Waals surface area contributed by atoms with Gasteiger partial charge >= 0.3 is 0 Å². The third-order valence-electron chi connectivity index (χ3n) is 5.98. The van der Waals surface area contributed by atoms with Gasteiger partial charge in [0.1, 0.15) is 23.8 Å². The van der Waals surface area contributed by atoms with Gasteiger partial charge in [-0.25, -0.2) is 22.2 Å². The number of aromatic nitrogens is 4. The normalized spacial score (nSPS) is 15.2. The molecule has 1 saturated heterocycles. The molecule has 0 aliphatic carbocycles. The molecule has 3 heterocycles. The van der Waals surface area contributed by atoms with Gasteiger partial charge in [-0.05, 0) is 24.6 Å². The monoisotopic (exact) mass is 484 g/mol. The van der Waals surface area contributed by atoms with E-state index in [0.29, 0.717) is 25.3 Å². The van der Waals surface area contributed by atoms with E-state index in [9.17, 15) is 17.2 Å². The van der Waals surface area contributed by atoms with E-state index in [1.165, 1.54) is 6.33 Å². The third kappa shape index (κ3) is 3.90. The molecule has 0 radical (unpaired) electrons. The van der Waals surface area contributed by atoms with Gasteiger partial charge in [-0.15, -0.1) is 0 Å². The smallest absolute Gasteiger partial charge is 0.254 e. The van der Waals surface area contributed by atoms with Crippen LogP contribution in [-0.4, -0.2) is 58.5 Å². The number of nitrogens with zero attached hydrogens (tertiary/aromatic N) is 6. The molecule has 0 saturated carbocycles. The standard InChI is InChI=1S/C23H22F2N6O2S/c1-16-18(14-17-6-3-2-4-7-17)22(31-23(28-16)26-15-27-31)29-10-12-30(13-11-29)34(32,33)21-19(24)8-5-9-20(21)25/h2-9,15H,10-14H2,1H3. The van der Waals surface area contributed by atoms with Crippen LogP contribution in [0.15, 0.2) is 59.8 Å². The summed E-state index contributed by atoms with van der Waals surface area (Å²) < 4.78 is 57.2. The summed E-state index contributed by atoms with van der Waals surface area (Å²) in [5, 5.41) is 4.35. The molecule has 34 heavy (non-hydrogen) atoms. The summed E-state index contributed by atoms with van der Waals surface area (Å²) in [5.74, 6) is -0.950. The van der Waals surface area contributed by atoms with E-state index in [2.05, 4.69) is 15.1 Å². The number of piperazine rings is 1. The van der Waals surface area contributed by atoms with E-state index in [1.807, 2.05) is 42.2 Å². The van der Waals surface area contributed by atoms with Gasteiger partial charge in [0.2, 0.25) is 10.0 Å². The molecule has 0 spiro atoms. The summed E-state index contributed by atoms with van der Waals surface area (Å²) in [6, 6.07) is 13.0. The molecule has 1 aliphatic rings. The average molecular weight is 485 g/mol. The van der Waals surface area contributed by atoms with Crippen LogP contribution in [0.4, 0.5) is 14.6 Å². The van der Waals surface area contributed by atoms with Crippen LogP contribution in [0.5, 0.6) is 0 Å². The van der Waals surface area contributed by atoms with Crippen LogP contribution in [0.2, 0.25) is 0 Å². The van der Waals surface area contributed by atoms with Crippen molar-refractivity contribution in [3.8, 4) is 0 Å². The fourth-order valence-corrected chi connectivity index (χ4v) is 5.83. The highest BCUT2D eigenvalue weighted by atomic mass is 32.2. The molecule has 0 unspecified atom stereocenters.